The van der Waals surface area contributed by atoms with Gasteiger partial charge in [0.1, 0.15) is 0 Å². The number of aliphatic imine (C=N–C) groups is 2. The summed E-state index contributed by atoms with van der Waals surface area (Å²) in [6, 6.07) is 43.1. The molecule has 290 valence electrons. The number of allylic oxidation sites excluding steroid dienone is 8. The third-order valence-electron chi connectivity index (χ3n) is 10.2. The Morgan fingerprint density at radius 1 is 0.552 bits per heavy atom. The summed E-state index contributed by atoms with van der Waals surface area (Å²) in [6.45, 7) is 14.3. The second-order valence-corrected chi connectivity index (χ2v) is 15.0. The van der Waals surface area contributed by atoms with E-state index in [1.165, 1.54) is 50.2 Å². The van der Waals surface area contributed by atoms with Crippen molar-refractivity contribution in [3.63, 3.8) is 0 Å². The van der Waals surface area contributed by atoms with Crippen LogP contribution in [0.2, 0.25) is 0 Å². The molecule has 0 fully saturated rings. The molecular formula is C54H56N4+2. The van der Waals surface area contributed by atoms with E-state index in [9.17, 15) is 0 Å². The van der Waals surface area contributed by atoms with E-state index in [1.807, 2.05) is 32.3 Å². The Morgan fingerprint density at radius 3 is 1.71 bits per heavy atom. The summed E-state index contributed by atoms with van der Waals surface area (Å²) in [5.74, 6) is 0.866. The molecule has 0 atom stereocenters. The largest absolute Gasteiger partial charge is 0.288 e. The van der Waals surface area contributed by atoms with Gasteiger partial charge in [-0.15, -0.1) is 0 Å². The van der Waals surface area contributed by atoms with Gasteiger partial charge < -0.3 is 0 Å². The molecule has 0 aliphatic rings. The molecule has 2 aromatic heterocycles. The number of hydrogen-bond donors (Lipinski definition) is 0. The number of para-hydroxylation sites is 2. The zero-order valence-electron chi connectivity index (χ0n) is 34.8. The average Bonchev–Trinajstić information content (AvgIpc) is 3.25. The molecule has 0 bridgehead atoms. The summed E-state index contributed by atoms with van der Waals surface area (Å²) in [6.07, 6.45) is 25.0. The van der Waals surface area contributed by atoms with E-state index in [4.69, 9.17) is 9.98 Å². The highest BCUT2D eigenvalue weighted by Gasteiger charge is 2.16. The van der Waals surface area contributed by atoms with Gasteiger partial charge in [-0.25, -0.2) is 4.57 Å². The Bertz CT molecular complexity index is 2460. The lowest BCUT2D eigenvalue weighted by Gasteiger charge is -2.12. The van der Waals surface area contributed by atoms with Gasteiger partial charge in [0.25, 0.3) is 0 Å². The number of rotatable bonds is 15. The first-order valence-corrected chi connectivity index (χ1v) is 20.4. The van der Waals surface area contributed by atoms with Crippen LogP contribution in [0.4, 0.5) is 5.69 Å². The van der Waals surface area contributed by atoms with Crippen LogP contribution in [0, 0.1) is 0 Å². The third-order valence-corrected chi connectivity index (χ3v) is 10.2. The molecule has 4 aromatic carbocycles. The van der Waals surface area contributed by atoms with Crippen LogP contribution >= 0.6 is 0 Å². The Morgan fingerprint density at radius 2 is 1.07 bits per heavy atom. The monoisotopic (exact) mass is 760 g/mol. The maximum Gasteiger partial charge on any atom is 0.214 e. The normalized spacial score (nSPS) is 12.7. The van der Waals surface area contributed by atoms with E-state index in [1.54, 1.807) is 0 Å². The number of pyridine rings is 2. The smallest absolute Gasteiger partial charge is 0.214 e. The zero-order valence-corrected chi connectivity index (χ0v) is 34.8. The van der Waals surface area contributed by atoms with Crippen molar-refractivity contribution in [2.24, 2.45) is 9.98 Å². The van der Waals surface area contributed by atoms with Crippen molar-refractivity contribution in [3.8, 4) is 27.9 Å². The van der Waals surface area contributed by atoms with E-state index in [0.717, 1.165) is 23.4 Å². The van der Waals surface area contributed by atoms with Crippen molar-refractivity contribution in [2.45, 2.75) is 66.5 Å². The van der Waals surface area contributed by atoms with Gasteiger partial charge in [0, 0.05) is 53.9 Å². The molecule has 58 heavy (non-hydrogen) atoms. The van der Waals surface area contributed by atoms with Crippen LogP contribution in [0.5, 0.6) is 0 Å². The van der Waals surface area contributed by atoms with Gasteiger partial charge in [0.05, 0.1) is 12.2 Å². The Labute approximate surface area is 346 Å². The van der Waals surface area contributed by atoms with Gasteiger partial charge in [0.2, 0.25) is 5.69 Å². The summed E-state index contributed by atoms with van der Waals surface area (Å²) in [5, 5.41) is 0. The molecular weight excluding hydrogens is 705 g/mol. The number of hydrogen-bond acceptors (Lipinski definition) is 2. The molecule has 6 aromatic rings. The third kappa shape index (κ3) is 10.7. The lowest BCUT2D eigenvalue weighted by Crippen LogP contribution is -2.33. The van der Waals surface area contributed by atoms with Gasteiger partial charge in [-0.2, -0.15) is 4.57 Å². The van der Waals surface area contributed by atoms with Gasteiger partial charge >= 0.3 is 0 Å². The fourth-order valence-electron chi connectivity index (χ4n) is 7.21. The minimum absolute atomic E-state index is 0.408. The molecule has 0 unspecified atom stereocenters. The highest BCUT2D eigenvalue weighted by Crippen LogP contribution is 2.29. The van der Waals surface area contributed by atoms with Crippen molar-refractivity contribution in [1.29, 1.82) is 0 Å². The molecule has 6 rings (SSSR count). The number of aromatic nitrogens is 2. The lowest BCUT2D eigenvalue weighted by atomic mass is 9.95. The maximum absolute atomic E-state index is 4.91. The molecule has 4 heteroatoms. The number of benzene rings is 4. The average molecular weight is 761 g/mol. The van der Waals surface area contributed by atoms with Crippen LogP contribution in [-0.2, 0) is 13.1 Å². The van der Waals surface area contributed by atoms with E-state index >= 15 is 0 Å². The zero-order chi connectivity index (χ0) is 40.7. The van der Waals surface area contributed by atoms with Crippen LogP contribution in [0.25, 0.3) is 27.9 Å². The molecule has 0 radical (unpaired) electrons. The predicted octanol–water partition coefficient (Wildman–Crippen LogP) is 12.9. The Hall–Kier alpha value is -6.52. The first-order valence-electron chi connectivity index (χ1n) is 20.4. The SMILES string of the molecule is C\C=C/C(=C/C=Nc1ccccc1C(C)C)C(/C=C\C)=C/C=NCc1ccccc1-c1ccccc1C[n+]1ccc(-c2cc[n+](-c3ccccc3C(C)C)cc2)cc1. The molecule has 0 aliphatic carbocycles. The van der Waals surface area contributed by atoms with Gasteiger partial charge in [-0.05, 0) is 88.4 Å². The summed E-state index contributed by atoms with van der Waals surface area (Å²) >= 11 is 0. The molecule has 0 N–H and O–H groups in total. The minimum Gasteiger partial charge on any atom is -0.288 e. The van der Waals surface area contributed by atoms with Crippen molar-refractivity contribution in [3.05, 3.63) is 216 Å². The maximum atomic E-state index is 4.91. The van der Waals surface area contributed by atoms with Crippen molar-refractivity contribution < 1.29 is 9.13 Å². The highest BCUT2D eigenvalue weighted by atomic mass is 14.9. The topological polar surface area (TPSA) is 32.5 Å². The van der Waals surface area contributed by atoms with E-state index in [-0.39, 0.29) is 0 Å². The predicted molar refractivity (Wildman–Crippen MR) is 245 cm³/mol. The summed E-state index contributed by atoms with van der Waals surface area (Å²) < 4.78 is 4.47. The molecule has 2 heterocycles. The van der Waals surface area contributed by atoms with Crippen LogP contribution in [0.3, 0.4) is 0 Å². The molecule has 0 saturated heterocycles. The summed E-state index contributed by atoms with van der Waals surface area (Å²) in [7, 11) is 0. The van der Waals surface area contributed by atoms with Gasteiger partial charge in [-0.3, -0.25) is 9.98 Å². The van der Waals surface area contributed by atoms with E-state index < -0.39 is 0 Å². The van der Waals surface area contributed by atoms with E-state index in [0.29, 0.717) is 18.4 Å². The second-order valence-electron chi connectivity index (χ2n) is 15.0. The summed E-state index contributed by atoms with van der Waals surface area (Å²) in [4.78, 5) is 9.72. The first kappa shape index (κ1) is 41.1. The van der Waals surface area contributed by atoms with Crippen LogP contribution in [0.15, 0.2) is 204 Å². The molecule has 4 nitrogen and oxygen atoms in total. The van der Waals surface area contributed by atoms with Crippen molar-refractivity contribution >= 4 is 18.1 Å². The number of nitrogens with zero attached hydrogens (tertiary/aromatic N) is 4. The van der Waals surface area contributed by atoms with E-state index in [2.05, 4.69) is 213 Å². The molecule has 0 aliphatic heterocycles. The standard InChI is InChI=1S/C54H56N4/c1-7-17-43(44(18-8-2)28-34-56-53-25-15-13-21-49(53)41(3)4)27-33-55-39-47-19-9-11-23-51(47)52-24-12-10-20-48(52)40-57-35-29-45(30-36-57)46-31-37-58(38-32-46)54-26-16-14-22-50(54)42(5)6/h7-38,41-42H,39-40H2,1-6H3/q+2/b17-7-,18-8-,43-27+,44-28-,55-33?,56-34?. The second kappa shape index (κ2) is 20.6. The molecule has 0 amide bonds. The first-order chi connectivity index (χ1) is 28.4. The quantitative estimate of drug-likeness (QED) is 0.0567. The highest BCUT2D eigenvalue weighted by molar-refractivity contribution is 5.81. The lowest BCUT2D eigenvalue weighted by molar-refractivity contribution is -0.688. The fraction of sp³-hybridized carbons (Fsp3) is 0.185. The minimum atomic E-state index is 0.408. The van der Waals surface area contributed by atoms with Gasteiger partial charge in [-0.1, -0.05) is 137 Å². The van der Waals surface area contributed by atoms with Gasteiger partial charge in [0.15, 0.2) is 31.3 Å². The van der Waals surface area contributed by atoms with Crippen LogP contribution < -0.4 is 9.13 Å². The van der Waals surface area contributed by atoms with Crippen LogP contribution in [0.1, 0.15) is 75.6 Å². The van der Waals surface area contributed by atoms with Crippen LogP contribution in [-0.4, -0.2) is 12.4 Å². The van der Waals surface area contributed by atoms with Crippen molar-refractivity contribution in [1.82, 2.24) is 0 Å². The molecule has 0 spiro atoms. The Balaban J connectivity index is 1.17. The fourth-order valence-corrected chi connectivity index (χ4v) is 7.21. The summed E-state index contributed by atoms with van der Waals surface area (Å²) in [5.41, 5.74) is 14.2. The Kier molecular flexibility index (Phi) is 14.6. The molecule has 0 saturated carbocycles. The van der Waals surface area contributed by atoms with Crippen molar-refractivity contribution in [2.75, 3.05) is 0 Å².